The highest BCUT2D eigenvalue weighted by Gasteiger charge is 2.04. The Balaban J connectivity index is 0.000000235. The third-order valence-electron chi connectivity index (χ3n) is 2.59. The Bertz CT molecular complexity index is 654. The summed E-state index contributed by atoms with van der Waals surface area (Å²) in [5.74, 6) is -0.392. The number of Topliss-reactive ketones (excluding diaryl/α,β-unsaturated/α-hetero) is 1. The molecule has 0 saturated heterocycles. The average Bonchev–Trinajstić information content (AvgIpc) is 2.48. The van der Waals surface area contributed by atoms with Crippen LogP contribution in [0.3, 0.4) is 0 Å². The molecule has 0 saturated carbocycles. The van der Waals surface area contributed by atoms with Crippen molar-refractivity contribution in [1.29, 1.82) is 0 Å². The quantitative estimate of drug-likeness (QED) is 0.526. The first kappa shape index (κ1) is 17.0. The van der Waals surface area contributed by atoms with Crippen LogP contribution in [0.4, 0.5) is 5.69 Å². The van der Waals surface area contributed by atoms with Gasteiger partial charge in [-0.05, 0) is 24.6 Å². The van der Waals surface area contributed by atoms with Crippen molar-refractivity contribution in [2.24, 2.45) is 5.73 Å². The molecule has 0 radical (unpaired) electrons. The van der Waals surface area contributed by atoms with Crippen LogP contribution in [0, 0.1) is 10.1 Å². The largest absolute Gasteiger partial charge is 0.369 e. The number of nitrogens with two attached hydrogens (primary N) is 1. The number of nitro benzene ring substituents is 1. The molecule has 0 spiro atoms. The maximum atomic E-state index is 10.6. The summed E-state index contributed by atoms with van der Waals surface area (Å²) in [5.41, 5.74) is 6.30. The summed E-state index contributed by atoms with van der Waals surface area (Å²) in [7, 11) is 0. The lowest BCUT2D eigenvalue weighted by atomic mass is 10.1. The van der Waals surface area contributed by atoms with Gasteiger partial charge in [0.05, 0.1) is 11.3 Å². The maximum Gasteiger partial charge on any atom is 0.269 e. The zero-order valence-corrected chi connectivity index (χ0v) is 11.9. The fraction of sp³-hybridized carbons (Fsp3) is 0.133. The Kier molecular flexibility index (Phi) is 6.36. The van der Waals surface area contributed by atoms with E-state index in [9.17, 15) is 19.7 Å². The van der Waals surface area contributed by atoms with Gasteiger partial charge >= 0.3 is 0 Å². The van der Waals surface area contributed by atoms with E-state index in [1.807, 2.05) is 0 Å². The van der Waals surface area contributed by atoms with Gasteiger partial charge in [-0.1, -0.05) is 12.1 Å². The van der Waals surface area contributed by atoms with Crippen LogP contribution in [0.2, 0.25) is 0 Å². The van der Waals surface area contributed by atoms with Crippen molar-refractivity contribution in [3.05, 3.63) is 70.0 Å². The molecule has 0 bridgehead atoms. The summed E-state index contributed by atoms with van der Waals surface area (Å²) in [6, 6.07) is 9.22. The molecule has 0 atom stereocenters. The molecule has 7 heteroatoms. The lowest BCUT2D eigenvalue weighted by Gasteiger charge is -1.95. The maximum absolute atomic E-state index is 10.6. The van der Waals surface area contributed by atoms with Crippen LogP contribution < -0.4 is 5.73 Å². The fourth-order valence-corrected chi connectivity index (χ4v) is 1.51. The van der Waals surface area contributed by atoms with E-state index < -0.39 is 10.8 Å². The second-order valence-corrected chi connectivity index (χ2v) is 4.36. The predicted molar refractivity (Wildman–Crippen MR) is 80.2 cm³/mol. The second kappa shape index (κ2) is 8.25. The zero-order chi connectivity index (χ0) is 16.5. The van der Waals surface area contributed by atoms with Gasteiger partial charge in [0.2, 0.25) is 5.91 Å². The van der Waals surface area contributed by atoms with Gasteiger partial charge < -0.3 is 5.73 Å². The lowest BCUT2D eigenvalue weighted by molar-refractivity contribution is -0.384. The summed E-state index contributed by atoms with van der Waals surface area (Å²) in [6.07, 6.45) is 3.31. The molecule has 1 heterocycles. The van der Waals surface area contributed by atoms with Crippen molar-refractivity contribution in [2.45, 2.75) is 13.3 Å². The number of non-ortho nitro benzene ring substituents is 1. The van der Waals surface area contributed by atoms with Crippen LogP contribution in [-0.2, 0) is 11.2 Å². The van der Waals surface area contributed by atoms with E-state index in [4.69, 9.17) is 5.73 Å². The molecule has 114 valence electrons. The molecule has 22 heavy (non-hydrogen) atoms. The van der Waals surface area contributed by atoms with Crippen molar-refractivity contribution < 1.29 is 14.5 Å². The minimum absolute atomic E-state index is 0.00761. The minimum Gasteiger partial charge on any atom is -0.369 e. The lowest BCUT2D eigenvalue weighted by Crippen LogP contribution is -2.13. The Morgan fingerprint density at radius 1 is 1.23 bits per heavy atom. The SMILES string of the molecule is CC(=O)c1cccnc1.NC(=O)Cc1ccc([N+](=O)[O-])cc1. The number of benzene rings is 1. The first-order valence-electron chi connectivity index (χ1n) is 6.32. The number of primary amides is 1. The summed E-state index contributed by atoms with van der Waals surface area (Å²) < 4.78 is 0. The van der Waals surface area contributed by atoms with Gasteiger partial charge in [0, 0.05) is 30.1 Å². The number of carbonyl (C=O) groups excluding carboxylic acids is 2. The molecule has 1 aromatic heterocycles. The number of nitrogens with zero attached hydrogens (tertiary/aromatic N) is 2. The zero-order valence-electron chi connectivity index (χ0n) is 11.9. The number of hydrogen-bond donors (Lipinski definition) is 1. The average molecular weight is 301 g/mol. The molecular weight excluding hydrogens is 286 g/mol. The Morgan fingerprint density at radius 2 is 1.86 bits per heavy atom. The molecule has 0 aliphatic rings. The van der Waals surface area contributed by atoms with E-state index in [2.05, 4.69) is 4.98 Å². The molecule has 2 aromatic rings. The van der Waals surface area contributed by atoms with E-state index in [0.29, 0.717) is 11.1 Å². The highest BCUT2D eigenvalue weighted by molar-refractivity contribution is 5.93. The smallest absolute Gasteiger partial charge is 0.269 e. The van der Waals surface area contributed by atoms with Gasteiger partial charge in [-0.15, -0.1) is 0 Å². The van der Waals surface area contributed by atoms with Crippen LogP contribution >= 0.6 is 0 Å². The van der Waals surface area contributed by atoms with Gasteiger partial charge in [-0.25, -0.2) is 0 Å². The highest BCUT2D eigenvalue weighted by atomic mass is 16.6. The number of aromatic nitrogens is 1. The van der Waals surface area contributed by atoms with Crippen molar-refractivity contribution in [3.8, 4) is 0 Å². The fourth-order valence-electron chi connectivity index (χ4n) is 1.51. The molecule has 0 aliphatic carbocycles. The molecule has 2 N–H and O–H groups in total. The van der Waals surface area contributed by atoms with Gasteiger partial charge in [0.1, 0.15) is 0 Å². The third kappa shape index (κ3) is 5.91. The van der Waals surface area contributed by atoms with E-state index in [1.54, 1.807) is 24.5 Å². The number of rotatable bonds is 4. The normalized spacial score (nSPS) is 9.32. The number of ketones is 1. The Hall–Kier alpha value is -3.09. The van der Waals surface area contributed by atoms with Gasteiger partial charge in [0.15, 0.2) is 5.78 Å². The number of amides is 1. The van der Waals surface area contributed by atoms with E-state index in [1.165, 1.54) is 31.2 Å². The standard InChI is InChI=1S/C8H8N2O3.C7H7NO/c9-8(11)5-6-1-3-7(4-2-6)10(12)13;1-6(9)7-3-2-4-8-5-7/h1-4H,5H2,(H2,9,11);2-5H,1H3. The van der Waals surface area contributed by atoms with Gasteiger partial charge in [-0.2, -0.15) is 0 Å². The summed E-state index contributed by atoms with van der Waals surface area (Å²) in [5, 5.41) is 10.2. The summed E-state index contributed by atoms with van der Waals surface area (Å²) >= 11 is 0. The first-order valence-corrected chi connectivity index (χ1v) is 6.32. The molecule has 7 nitrogen and oxygen atoms in total. The van der Waals surface area contributed by atoms with Crippen LogP contribution in [0.5, 0.6) is 0 Å². The third-order valence-corrected chi connectivity index (χ3v) is 2.59. The van der Waals surface area contributed by atoms with Crippen LogP contribution in [0.25, 0.3) is 0 Å². The Morgan fingerprint density at radius 3 is 2.23 bits per heavy atom. The van der Waals surface area contributed by atoms with Crippen molar-refractivity contribution >= 4 is 17.4 Å². The van der Waals surface area contributed by atoms with Crippen LogP contribution in [0.15, 0.2) is 48.8 Å². The van der Waals surface area contributed by atoms with Crippen molar-refractivity contribution in [2.75, 3.05) is 0 Å². The molecule has 1 aromatic carbocycles. The number of carbonyl (C=O) groups is 2. The molecule has 0 fully saturated rings. The minimum atomic E-state index is -0.492. The van der Waals surface area contributed by atoms with Gasteiger partial charge in [0.25, 0.3) is 5.69 Å². The topological polar surface area (TPSA) is 116 Å². The van der Waals surface area contributed by atoms with E-state index in [-0.39, 0.29) is 17.9 Å². The molecule has 2 rings (SSSR count). The van der Waals surface area contributed by atoms with Crippen molar-refractivity contribution in [3.63, 3.8) is 0 Å². The molecule has 0 unspecified atom stereocenters. The van der Waals surface area contributed by atoms with Crippen LogP contribution in [-0.4, -0.2) is 21.6 Å². The first-order chi connectivity index (χ1) is 10.4. The number of pyridine rings is 1. The highest BCUT2D eigenvalue weighted by Crippen LogP contribution is 2.11. The van der Waals surface area contributed by atoms with E-state index in [0.717, 1.165) is 0 Å². The van der Waals surface area contributed by atoms with E-state index >= 15 is 0 Å². The summed E-state index contributed by atoms with van der Waals surface area (Å²) in [4.78, 5) is 34.6. The van der Waals surface area contributed by atoms with Crippen molar-refractivity contribution in [1.82, 2.24) is 4.98 Å². The number of hydrogen-bond acceptors (Lipinski definition) is 5. The monoisotopic (exact) mass is 301 g/mol. The Labute approximate surface area is 126 Å². The second-order valence-electron chi connectivity index (χ2n) is 4.36. The number of nitro groups is 1. The molecule has 0 aliphatic heterocycles. The van der Waals surface area contributed by atoms with Gasteiger partial charge in [-0.3, -0.25) is 24.7 Å². The molecule has 1 amide bonds. The molecular formula is C15H15N3O4. The summed E-state index contributed by atoms with van der Waals surface area (Å²) in [6.45, 7) is 1.52. The predicted octanol–water partition coefficient (Wildman–Crippen LogP) is 1.91. The van der Waals surface area contributed by atoms with Crippen LogP contribution in [0.1, 0.15) is 22.8 Å².